The van der Waals surface area contributed by atoms with E-state index in [1.54, 1.807) is 30.5 Å². The van der Waals surface area contributed by atoms with Gasteiger partial charge >= 0.3 is 5.69 Å². The van der Waals surface area contributed by atoms with E-state index >= 15 is 0 Å². The number of benzene rings is 1. The van der Waals surface area contributed by atoms with Gasteiger partial charge in [0.05, 0.1) is 17.7 Å². The first kappa shape index (κ1) is 17.1. The van der Waals surface area contributed by atoms with Gasteiger partial charge in [0.15, 0.2) is 0 Å². The van der Waals surface area contributed by atoms with Crippen LogP contribution in [0.3, 0.4) is 0 Å². The lowest BCUT2D eigenvalue weighted by Gasteiger charge is -2.12. The van der Waals surface area contributed by atoms with Gasteiger partial charge in [-0.25, -0.2) is 15.0 Å². The average molecular weight is 352 g/mol. The van der Waals surface area contributed by atoms with Gasteiger partial charge in [0.2, 0.25) is 11.6 Å². The quantitative estimate of drug-likeness (QED) is 0.511. The standard InChI is InChI=1S/C17H16N6O3/c1-11-6-7-13(26-2)12(9-11)21-16-15(23(24)25)17(20-10-19-16)22-14-5-3-4-8-18-14/h3-10H,1-2H3,(H2,18,19,20,21,22). The molecule has 0 saturated heterocycles. The van der Waals surface area contributed by atoms with Crippen LogP contribution in [0.1, 0.15) is 5.56 Å². The van der Waals surface area contributed by atoms with Crippen molar-refractivity contribution in [1.29, 1.82) is 0 Å². The molecule has 3 aromatic rings. The monoisotopic (exact) mass is 352 g/mol. The maximum absolute atomic E-state index is 11.6. The van der Waals surface area contributed by atoms with Crippen molar-refractivity contribution in [2.24, 2.45) is 0 Å². The second-order valence-corrected chi connectivity index (χ2v) is 5.35. The molecule has 0 aliphatic heterocycles. The van der Waals surface area contributed by atoms with Crippen LogP contribution in [0, 0.1) is 17.0 Å². The van der Waals surface area contributed by atoms with Crippen LogP contribution in [-0.2, 0) is 0 Å². The van der Waals surface area contributed by atoms with Gasteiger partial charge in [0, 0.05) is 6.20 Å². The van der Waals surface area contributed by atoms with Crippen LogP contribution < -0.4 is 15.4 Å². The summed E-state index contributed by atoms with van der Waals surface area (Å²) in [5.41, 5.74) is 1.25. The number of pyridine rings is 1. The Hall–Kier alpha value is -3.75. The van der Waals surface area contributed by atoms with E-state index in [1.165, 1.54) is 13.4 Å². The summed E-state index contributed by atoms with van der Waals surface area (Å²) in [5, 5.41) is 17.4. The Labute approximate surface area is 149 Å². The van der Waals surface area contributed by atoms with Gasteiger partial charge in [-0.3, -0.25) is 10.1 Å². The molecule has 3 rings (SSSR count). The van der Waals surface area contributed by atoms with E-state index < -0.39 is 4.92 Å². The smallest absolute Gasteiger partial charge is 0.353 e. The molecule has 9 nitrogen and oxygen atoms in total. The van der Waals surface area contributed by atoms with E-state index in [0.717, 1.165) is 5.56 Å². The summed E-state index contributed by atoms with van der Waals surface area (Å²) in [6, 6.07) is 10.7. The van der Waals surface area contributed by atoms with E-state index in [0.29, 0.717) is 17.3 Å². The maximum Gasteiger partial charge on any atom is 0.353 e. The van der Waals surface area contributed by atoms with Gasteiger partial charge in [-0.2, -0.15) is 0 Å². The van der Waals surface area contributed by atoms with E-state index in [2.05, 4.69) is 25.6 Å². The first-order valence-electron chi connectivity index (χ1n) is 7.67. The minimum atomic E-state index is -0.546. The van der Waals surface area contributed by atoms with Crippen LogP contribution >= 0.6 is 0 Å². The number of hydrogen-bond acceptors (Lipinski definition) is 8. The molecule has 0 aliphatic rings. The number of rotatable bonds is 6. The van der Waals surface area contributed by atoms with Crippen molar-refractivity contribution in [2.75, 3.05) is 17.7 Å². The fourth-order valence-electron chi connectivity index (χ4n) is 2.34. The summed E-state index contributed by atoms with van der Waals surface area (Å²) >= 11 is 0. The Morgan fingerprint density at radius 3 is 2.50 bits per heavy atom. The highest BCUT2D eigenvalue weighted by Gasteiger charge is 2.24. The third-order valence-electron chi connectivity index (χ3n) is 3.52. The van der Waals surface area contributed by atoms with Crippen LogP contribution in [0.2, 0.25) is 0 Å². The lowest BCUT2D eigenvalue weighted by Crippen LogP contribution is -2.06. The summed E-state index contributed by atoms with van der Waals surface area (Å²) < 4.78 is 5.30. The summed E-state index contributed by atoms with van der Waals surface area (Å²) in [5.74, 6) is 1.07. The minimum Gasteiger partial charge on any atom is -0.495 e. The van der Waals surface area contributed by atoms with Gasteiger partial charge in [-0.15, -0.1) is 0 Å². The normalized spacial score (nSPS) is 10.2. The molecule has 0 spiro atoms. The predicted molar refractivity (Wildman–Crippen MR) is 97.2 cm³/mol. The van der Waals surface area contributed by atoms with Gasteiger partial charge in [0.25, 0.3) is 0 Å². The zero-order chi connectivity index (χ0) is 18.5. The highest BCUT2D eigenvalue weighted by molar-refractivity contribution is 5.77. The summed E-state index contributed by atoms with van der Waals surface area (Å²) in [4.78, 5) is 23.2. The van der Waals surface area contributed by atoms with Crippen LogP contribution in [0.4, 0.5) is 28.8 Å². The molecule has 0 unspecified atom stereocenters. The number of ether oxygens (including phenoxy) is 1. The number of methoxy groups -OCH3 is 1. The van der Waals surface area contributed by atoms with Crippen molar-refractivity contribution < 1.29 is 9.66 Å². The van der Waals surface area contributed by atoms with E-state index in [-0.39, 0.29) is 17.3 Å². The molecule has 0 bridgehead atoms. The van der Waals surface area contributed by atoms with E-state index in [9.17, 15) is 10.1 Å². The molecule has 1 aromatic carbocycles. The van der Waals surface area contributed by atoms with Crippen molar-refractivity contribution in [3.8, 4) is 5.75 Å². The summed E-state index contributed by atoms with van der Waals surface area (Å²) in [6.07, 6.45) is 2.81. The van der Waals surface area contributed by atoms with Crippen LogP contribution in [0.15, 0.2) is 48.9 Å². The fourth-order valence-corrected chi connectivity index (χ4v) is 2.34. The summed E-state index contributed by atoms with van der Waals surface area (Å²) in [7, 11) is 1.53. The topological polar surface area (TPSA) is 115 Å². The number of nitrogens with zero attached hydrogens (tertiary/aromatic N) is 4. The first-order valence-corrected chi connectivity index (χ1v) is 7.67. The van der Waals surface area contributed by atoms with Gasteiger partial charge < -0.3 is 15.4 Å². The number of anilines is 4. The zero-order valence-electron chi connectivity index (χ0n) is 14.1. The Morgan fingerprint density at radius 1 is 1.08 bits per heavy atom. The van der Waals surface area contributed by atoms with Crippen molar-refractivity contribution >= 4 is 28.8 Å². The molecule has 0 saturated carbocycles. The number of aromatic nitrogens is 3. The number of hydrogen-bond donors (Lipinski definition) is 2. The van der Waals surface area contributed by atoms with E-state index in [1.807, 2.05) is 19.1 Å². The molecule has 26 heavy (non-hydrogen) atoms. The SMILES string of the molecule is COc1ccc(C)cc1Nc1ncnc(Nc2ccccn2)c1[N+](=O)[O-]. The lowest BCUT2D eigenvalue weighted by atomic mass is 10.2. The molecule has 2 heterocycles. The van der Waals surface area contributed by atoms with Crippen molar-refractivity contribution in [2.45, 2.75) is 6.92 Å². The molecule has 0 aliphatic carbocycles. The van der Waals surface area contributed by atoms with Crippen LogP contribution in [-0.4, -0.2) is 27.0 Å². The Balaban J connectivity index is 2.01. The molecular weight excluding hydrogens is 336 g/mol. The van der Waals surface area contributed by atoms with E-state index in [4.69, 9.17) is 4.74 Å². The molecule has 0 fully saturated rings. The lowest BCUT2D eigenvalue weighted by molar-refractivity contribution is -0.383. The Bertz CT molecular complexity index is 933. The van der Waals surface area contributed by atoms with Crippen LogP contribution in [0.5, 0.6) is 5.75 Å². The third-order valence-corrected chi connectivity index (χ3v) is 3.52. The van der Waals surface area contributed by atoms with Crippen molar-refractivity contribution in [1.82, 2.24) is 15.0 Å². The van der Waals surface area contributed by atoms with Crippen molar-refractivity contribution in [3.63, 3.8) is 0 Å². The number of nitro groups is 1. The molecule has 132 valence electrons. The Kier molecular flexibility index (Phi) is 4.88. The molecule has 2 N–H and O–H groups in total. The van der Waals surface area contributed by atoms with Gasteiger partial charge in [-0.05, 0) is 36.8 Å². The second kappa shape index (κ2) is 7.43. The number of aryl methyl sites for hydroxylation is 1. The molecule has 9 heteroatoms. The highest BCUT2D eigenvalue weighted by Crippen LogP contribution is 2.35. The maximum atomic E-state index is 11.6. The first-order chi connectivity index (χ1) is 12.6. The van der Waals surface area contributed by atoms with Crippen molar-refractivity contribution in [3.05, 3.63) is 64.6 Å². The molecular formula is C17H16N6O3. The Morgan fingerprint density at radius 2 is 1.85 bits per heavy atom. The average Bonchev–Trinajstić information content (AvgIpc) is 2.63. The zero-order valence-corrected chi connectivity index (χ0v) is 14.1. The molecule has 0 amide bonds. The van der Waals surface area contributed by atoms with Gasteiger partial charge in [0.1, 0.15) is 17.9 Å². The highest BCUT2D eigenvalue weighted by atomic mass is 16.6. The third kappa shape index (κ3) is 3.66. The second-order valence-electron chi connectivity index (χ2n) is 5.35. The molecule has 0 atom stereocenters. The largest absolute Gasteiger partial charge is 0.495 e. The molecule has 0 radical (unpaired) electrons. The van der Waals surface area contributed by atoms with Gasteiger partial charge in [-0.1, -0.05) is 12.1 Å². The fraction of sp³-hybridized carbons (Fsp3) is 0.118. The number of nitrogens with one attached hydrogen (secondary N) is 2. The molecule has 2 aromatic heterocycles. The van der Waals surface area contributed by atoms with Crippen LogP contribution in [0.25, 0.3) is 0 Å². The summed E-state index contributed by atoms with van der Waals surface area (Å²) in [6.45, 7) is 1.91. The predicted octanol–water partition coefficient (Wildman–Crippen LogP) is 3.58. The minimum absolute atomic E-state index is 0.0396.